The summed E-state index contributed by atoms with van der Waals surface area (Å²) in [5, 5.41) is 3.52. The topological polar surface area (TPSA) is 64.3 Å². The second-order valence-electron chi connectivity index (χ2n) is 8.80. The molecule has 2 fully saturated rings. The molecule has 0 bridgehead atoms. The van der Waals surface area contributed by atoms with Crippen LogP contribution in [0.5, 0.6) is 0 Å². The molecule has 3 heterocycles. The van der Waals surface area contributed by atoms with E-state index < -0.39 is 12.7 Å². The molecule has 2 aromatic heterocycles. The predicted molar refractivity (Wildman–Crippen MR) is 107 cm³/mol. The third kappa shape index (κ3) is 3.75. The van der Waals surface area contributed by atoms with Gasteiger partial charge in [0, 0.05) is 29.9 Å². The summed E-state index contributed by atoms with van der Waals surface area (Å²) in [5.41, 5.74) is 2.40. The van der Waals surface area contributed by atoms with Crippen LogP contribution < -0.4 is 10.2 Å². The van der Waals surface area contributed by atoms with Gasteiger partial charge < -0.3 is 20.1 Å². The summed E-state index contributed by atoms with van der Waals surface area (Å²) in [4.78, 5) is 25.0. The van der Waals surface area contributed by atoms with Gasteiger partial charge in [-0.05, 0) is 57.1 Å². The molecule has 0 atom stereocenters. The van der Waals surface area contributed by atoms with Crippen molar-refractivity contribution in [1.82, 2.24) is 20.2 Å². The summed E-state index contributed by atoms with van der Waals surface area (Å²) in [6.07, 6.45) is 5.07. The monoisotopic (exact) mass is 421 g/mol. The number of amides is 1. The van der Waals surface area contributed by atoms with Crippen LogP contribution in [0.1, 0.15) is 48.9 Å². The fourth-order valence-corrected chi connectivity index (χ4v) is 4.96. The number of halogens is 3. The van der Waals surface area contributed by atoms with Gasteiger partial charge in [0.25, 0.3) is 5.91 Å². The van der Waals surface area contributed by atoms with Gasteiger partial charge in [-0.1, -0.05) is 0 Å². The number of H-pyrrole nitrogens is 1. The lowest BCUT2D eigenvalue weighted by Gasteiger charge is -2.45. The molecular formula is C21H26F3N5O. The van der Waals surface area contributed by atoms with Crippen LogP contribution in [-0.2, 0) is 0 Å². The number of hydrogen-bond acceptors (Lipinski definition) is 4. The minimum Gasteiger partial charge on any atom is -0.349 e. The summed E-state index contributed by atoms with van der Waals surface area (Å²) in [7, 11) is 0. The highest BCUT2D eigenvalue weighted by molar-refractivity contribution is 6.08. The molecular weight excluding hydrogens is 395 g/mol. The Balaban J connectivity index is 1.34. The van der Waals surface area contributed by atoms with E-state index in [-0.39, 0.29) is 17.9 Å². The number of nitrogens with one attached hydrogen (secondary N) is 2. The van der Waals surface area contributed by atoms with Crippen molar-refractivity contribution in [2.45, 2.75) is 56.8 Å². The molecule has 0 aromatic carbocycles. The predicted octanol–water partition coefficient (Wildman–Crippen LogP) is 3.66. The largest absolute Gasteiger partial charge is 0.401 e. The van der Waals surface area contributed by atoms with E-state index in [0.717, 1.165) is 55.2 Å². The normalized spacial score (nSPS) is 25.1. The van der Waals surface area contributed by atoms with Gasteiger partial charge in [-0.2, -0.15) is 13.2 Å². The summed E-state index contributed by atoms with van der Waals surface area (Å²) in [5.74, 6) is 0.322. The van der Waals surface area contributed by atoms with Crippen LogP contribution in [0.15, 0.2) is 18.5 Å². The Hall–Kier alpha value is -2.29. The Morgan fingerprint density at radius 2 is 1.80 bits per heavy atom. The molecule has 0 radical (unpaired) electrons. The molecule has 2 aliphatic carbocycles. The van der Waals surface area contributed by atoms with E-state index in [2.05, 4.69) is 20.2 Å². The standard InChI is InChI=1S/C21H26F3N5O/c22-21(23,24)11-25-9-13-1-3-14(4-2-13)28-12-29(15-5-6-15)20(30)17-10-27-19-16(18(17)28)7-8-26-19/h7-8,10,13-15,25H,1-6,9,11-12H2,(H,26,27). The van der Waals surface area contributed by atoms with Gasteiger partial charge in [-0.15, -0.1) is 0 Å². The zero-order valence-electron chi connectivity index (χ0n) is 16.7. The maximum atomic E-state index is 13.1. The number of anilines is 1. The first-order chi connectivity index (χ1) is 14.4. The zero-order valence-corrected chi connectivity index (χ0v) is 16.7. The molecule has 0 saturated heterocycles. The van der Waals surface area contributed by atoms with E-state index in [0.29, 0.717) is 24.8 Å². The van der Waals surface area contributed by atoms with Crippen molar-refractivity contribution in [3.05, 3.63) is 24.0 Å². The molecule has 5 rings (SSSR count). The Kier molecular flexibility index (Phi) is 4.88. The number of pyridine rings is 1. The van der Waals surface area contributed by atoms with Crippen LogP contribution in [0.4, 0.5) is 18.9 Å². The first kappa shape index (κ1) is 19.7. The number of carbonyl (C=O) groups is 1. The molecule has 9 heteroatoms. The van der Waals surface area contributed by atoms with Crippen molar-refractivity contribution < 1.29 is 18.0 Å². The molecule has 2 aromatic rings. The van der Waals surface area contributed by atoms with Gasteiger partial charge in [0.15, 0.2) is 0 Å². The molecule has 0 unspecified atom stereocenters. The van der Waals surface area contributed by atoms with Gasteiger partial charge in [0.1, 0.15) is 5.65 Å². The van der Waals surface area contributed by atoms with Crippen molar-refractivity contribution >= 4 is 22.6 Å². The van der Waals surface area contributed by atoms with Gasteiger partial charge >= 0.3 is 6.18 Å². The number of hydrogen-bond donors (Lipinski definition) is 2. The fourth-order valence-electron chi connectivity index (χ4n) is 4.96. The Labute approximate surface area is 172 Å². The quantitative estimate of drug-likeness (QED) is 0.774. The lowest BCUT2D eigenvalue weighted by atomic mass is 9.84. The average Bonchev–Trinajstić information content (AvgIpc) is 3.44. The van der Waals surface area contributed by atoms with Crippen molar-refractivity contribution in [3.8, 4) is 0 Å². The van der Waals surface area contributed by atoms with Crippen molar-refractivity contribution in [2.24, 2.45) is 5.92 Å². The van der Waals surface area contributed by atoms with E-state index in [4.69, 9.17) is 0 Å². The van der Waals surface area contributed by atoms with Crippen molar-refractivity contribution in [2.75, 3.05) is 24.7 Å². The first-order valence-corrected chi connectivity index (χ1v) is 10.7. The number of aromatic amines is 1. The van der Waals surface area contributed by atoms with E-state index in [1.165, 1.54) is 0 Å². The second-order valence-corrected chi connectivity index (χ2v) is 8.80. The van der Waals surface area contributed by atoms with Crippen LogP contribution in [-0.4, -0.2) is 58.8 Å². The van der Waals surface area contributed by atoms with Gasteiger partial charge in [-0.25, -0.2) is 4.98 Å². The number of aromatic nitrogens is 2. The molecule has 162 valence electrons. The highest BCUT2D eigenvalue weighted by Crippen LogP contribution is 2.41. The number of carbonyl (C=O) groups excluding carboxylic acids is 1. The fraction of sp³-hybridized carbons (Fsp3) is 0.619. The minimum absolute atomic E-state index is 0.0596. The molecule has 6 nitrogen and oxygen atoms in total. The van der Waals surface area contributed by atoms with Crippen molar-refractivity contribution in [3.63, 3.8) is 0 Å². The molecule has 2 saturated carbocycles. The maximum absolute atomic E-state index is 13.1. The molecule has 2 N–H and O–H groups in total. The van der Waals surface area contributed by atoms with Crippen molar-refractivity contribution in [1.29, 1.82) is 0 Å². The van der Waals surface area contributed by atoms with Crippen LogP contribution in [0.3, 0.4) is 0 Å². The Bertz CT molecular complexity index is 930. The van der Waals surface area contributed by atoms with Crippen LogP contribution >= 0.6 is 0 Å². The minimum atomic E-state index is -4.16. The summed E-state index contributed by atoms with van der Waals surface area (Å²) in [6, 6.07) is 2.57. The highest BCUT2D eigenvalue weighted by Gasteiger charge is 2.42. The summed E-state index contributed by atoms with van der Waals surface area (Å²) >= 11 is 0. The number of alkyl halides is 3. The number of fused-ring (bicyclic) bond motifs is 3. The van der Waals surface area contributed by atoms with Crippen LogP contribution in [0, 0.1) is 5.92 Å². The molecule has 1 amide bonds. The van der Waals surface area contributed by atoms with E-state index in [1.54, 1.807) is 6.20 Å². The van der Waals surface area contributed by atoms with E-state index in [9.17, 15) is 18.0 Å². The van der Waals surface area contributed by atoms with Crippen LogP contribution in [0.2, 0.25) is 0 Å². The smallest absolute Gasteiger partial charge is 0.349 e. The molecule has 30 heavy (non-hydrogen) atoms. The number of nitrogens with zero attached hydrogens (tertiary/aromatic N) is 3. The van der Waals surface area contributed by atoms with E-state index >= 15 is 0 Å². The second kappa shape index (κ2) is 7.44. The van der Waals surface area contributed by atoms with E-state index in [1.807, 2.05) is 17.2 Å². The third-order valence-electron chi connectivity index (χ3n) is 6.64. The maximum Gasteiger partial charge on any atom is 0.401 e. The molecule has 0 spiro atoms. The zero-order chi connectivity index (χ0) is 20.9. The Morgan fingerprint density at radius 1 is 1.10 bits per heavy atom. The van der Waals surface area contributed by atoms with Crippen LogP contribution in [0.25, 0.3) is 11.0 Å². The highest BCUT2D eigenvalue weighted by atomic mass is 19.4. The third-order valence-corrected chi connectivity index (χ3v) is 6.64. The lowest BCUT2D eigenvalue weighted by molar-refractivity contribution is -0.125. The number of rotatable bonds is 5. The molecule has 1 aliphatic heterocycles. The van der Waals surface area contributed by atoms with Gasteiger partial charge in [-0.3, -0.25) is 4.79 Å². The molecule has 3 aliphatic rings. The first-order valence-electron chi connectivity index (χ1n) is 10.7. The summed E-state index contributed by atoms with van der Waals surface area (Å²) in [6.45, 7) is 0.0628. The van der Waals surface area contributed by atoms with Gasteiger partial charge in [0.2, 0.25) is 0 Å². The Morgan fingerprint density at radius 3 is 2.50 bits per heavy atom. The summed E-state index contributed by atoms with van der Waals surface area (Å²) < 4.78 is 37.2. The SMILES string of the molecule is O=C1c2cnc3[nH]ccc3c2N(C2CCC(CNCC(F)(F)F)CC2)CN1C1CC1. The van der Waals surface area contributed by atoms with Gasteiger partial charge in [0.05, 0.1) is 24.5 Å². The lowest BCUT2D eigenvalue weighted by Crippen LogP contribution is -2.52. The average molecular weight is 421 g/mol.